The van der Waals surface area contributed by atoms with Crippen molar-refractivity contribution in [2.24, 2.45) is 0 Å². The summed E-state index contributed by atoms with van der Waals surface area (Å²) in [5.74, 6) is 0. The van der Waals surface area contributed by atoms with E-state index in [2.05, 4.69) is 51.8 Å². The van der Waals surface area contributed by atoms with E-state index in [0.29, 0.717) is 24.3 Å². The fourth-order valence-electron chi connectivity index (χ4n) is 3.22. The van der Waals surface area contributed by atoms with Crippen LogP contribution in [0.1, 0.15) is 48.0 Å². The normalized spacial score (nSPS) is 30.3. The van der Waals surface area contributed by atoms with Crippen molar-refractivity contribution in [3.8, 4) is 0 Å². The van der Waals surface area contributed by atoms with Gasteiger partial charge in [-0.05, 0) is 34.1 Å². The van der Waals surface area contributed by atoms with Gasteiger partial charge < -0.3 is 15.2 Å². The molecule has 0 saturated carbocycles. The molecular formula is C15H32N2O2. The minimum absolute atomic E-state index is 0.172. The van der Waals surface area contributed by atoms with Crippen molar-refractivity contribution in [1.29, 1.82) is 0 Å². The second-order valence-electron chi connectivity index (χ2n) is 6.78. The summed E-state index contributed by atoms with van der Waals surface area (Å²) in [6.07, 6.45) is 1.54. The third-order valence-electron chi connectivity index (χ3n) is 3.80. The lowest BCUT2D eigenvalue weighted by Gasteiger charge is -2.42. The van der Waals surface area contributed by atoms with Crippen LogP contribution >= 0.6 is 0 Å². The minimum atomic E-state index is -0.210. The first-order valence-electron chi connectivity index (χ1n) is 7.54. The Labute approximate surface area is 118 Å². The molecule has 2 unspecified atom stereocenters. The van der Waals surface area contributed by atoms with Gasteiger partial charge in [0.05, 0.1) is 18.8 Å². The number of ether oxygens (including phenoxy) is 1. The Morgan fingerprint density at radius 2 is 1.79 bits per heavy atom. The molecule has 1 aliphatic heterocycles. The van der Waals surface area contributed by atoms with E-state index in [0.717, 1.165) is 19.5 Å². The summed E-state index contributed by atoms with van der Waals surface area (Å²) >= 11 is 0. The van der Waals surface area contributed by atoms with Crippen LogP contribution in [0.15, 0.2) is 0 Å². The molecule has 0 radical (unpaired) electrons. The Morgan fingerprint density at radius 1 is 1.26 bits per heavy atom. The van der Waals surface area contributed by atoms with E-state index in [1.54, 1.807) is 0 Å². The smallest absolute Gasteiger partial charge is 0.0678 e. The molecule has 0 aromatic heterocycles. The average Bonchev–Trinajstić information content (AvgIpc) is 2.26. The molecule has 0 aromatic carbocycles. The molecule has 1 aliphatic rings. The van der Waals surface area contributed by atoms with Crippen molar-refractivity contribution in [2.75, 3.05) is 19.7 Å². The molecule has 4 atom stereocenters. The summed E-state index contributed by atoms with van der Waals surface area (Å²) in [4.78, 5) is 2.48. The number of aliphatic hydroxyl groups is 1. The summed E-state index contributed by atoms with van der Waals surface area (Å²) in [5.41, 5.74) is -0.210. The number of hydrogen-bond acceptors (Lipinski definition) is 4. The van der Waals surface area contributed by atoms with Crippen molar-refractivity contribution in [3.05, 3.63) is 0 Å². The second kappa shape index (κ2) is 7.02. The number of nitrogens with one attached hydrogen (secondary N) is 1. The zero-order valence-corrected chi connectivity index (χ0v) is 13.4. The average molecular weight is 272 g/mol. The van der Waals surface area contributed by atoms with Crippen LogP contribution < -0.4 is 5.32 Å². The predicted molar refractivity (Wildman–Crippen MR) is 79.4 cm³/mol. The first-order valence-corrected chi connectivity index (χ1v) is 7.54. The lowest BCUT2D eigenvalue weighted by molar-refractivity contribution is -0.0822. The summed E-state index contributed by atoms with van der Waals surface area (Å²) < 4.78 is 5.78. The molecule has 114 valence electrons. The fourth-order valence-corrected chi connectivity index (χ4v) is 3.22. The van der Waals surface area contributed by atoms with Gasteiger partial charge in [0.1, 0.15) is 0 Å². The van der Waals surface area contributed by atoms with Gasteiger partial charge >= 0.3 is 0 Å². The Balaban J connectivity index is 2.58. The number of rotatable bonds is 6. The third kappa shape index (κ3) is 5.38. The van der Waals surface area contributed by atoms with Crippen molar-refractivity contribution >= 4 is 0 Å². The molecule has 1 fully saturated rings. The molecule has 0 spiro atoms. The molecule has 4 heteroatoms. The van der Waals surface area contributed by atoms with E-state index in [1.165, 1.54) is 0 Å². The SMILES string of the molecule is CC(C)NC(C)(CO)CC(C)N1C[C@@H](C)O[C@@H](C)C1. The van der Waals surface area contributed by atoms with Gasteiger partial charge in [-0.1, -0.05) is 13.8 Å². The van der Waals surface area contributed by atoms with Crippen molar-refractivity contribution in [1.82, 2.24) is 10.2 Å². The van der Waals surface area contributed by atoms with E-state index >= 15 is 0 Å². The van der Waals surface area contributed by atoms with E-state index in [1.807, 2.05) is 0 Å². The second-order valence-corrected chi connectivity index (χ2v) is 6.78. The van der Waals surface area contributed by atoms with Crippen LogP contribution in [0.3, 0.4) is 0 Å². The maximum atomic E-state index is 9.68. The van der Waals surface area contributed by atoms with Gasteiger partial charge in [-0.15, -0.1) is 0 Å². The summed E-state index contributed by atoms with van der Waals surface area (Å²) in [6.45, 7) is 15.0. The lowest BCUT2D eigenvalue weighted by Crippen LogP contribution is -2.55. The van der Waals surface area contributed by atoms with Crippen LogP contribution in [0, 0.1) is 0 Å². The van der Waals surface area contributed by atoms with Gasteiger partial charge in [-0.2, -0.15) is 0 Å². The molecule has 19 heavy (non-hydrogen) atoms. The molecular weight excluding hydrogens is 240 g/mol. The van der Waals surface area contributed by atoms with Gasteiger partial charge in [-0.3, -0.25) is 4.90 Å². The molecule has 1 heterocycles. The number of hydrogen-bond donors (Lipinski definition) is 2. The molecule has 0 aliphatic carbocycles. The van der Waals surface area contributed by atoms with Crippen molar-refractivity contribution in [3.63, 3.8) is 0 Å². The van der Waals surface area contributed by atoms with Crippen LogP contribution in [0.2, 0.25) is 0 Å². The topological polar surface area (TPSA) is 44.7 Å². The Bertz CT molecular complexity index is 263. The number of aliphatic hydroxyl groups excluding tert-OH is 1. The van der Waals surface area contributed by atoms with Crippen LogP contribution in [0.25, 0.3) is 0 Å². The summed E-state index contributed by atoms with van der Waals surface area (Å²) in [5, 5.41) is 13.2. The van der Waals surface area contributed by atoms with Gasteiger partial charge in [0.15, 0.2) is 0 Å². The molecule has 1 saturated heterocycles. The molecule has 0 bridgehead atoms. The summed E-state index contributed by atoms with van der Waals surface area (Å²) in [6, 6.07) is 0.823. The van der Waals surface area contributed by atoms with E-state index < -0.39 is 0 Å². The zero-order chi connectivity index (χ0) is 14.6. The van der Waals surface area contributed by atoms with Gasteiger partial charge in [0.2, 0.25) is 0 Å². The highest BCUT2D eigenvalue weighted by Crippen LogP contribution is 2.20. The Kier molecular flexibility index (Phi) is 6.24. The van der Waals surface area contributed by atoms with Crippen LogP contribution in [0.5, 0.6) is 0 Å². The minimum Gasteiger partial charge on any atom is -0.394 e. The molecule has 0 amide bonds. The Morgan fingerprint density at radius 3 is 2.21 bits per heavy atom. The van der Waals surface area contributed by atoms with Crippen LogP contribution in [0.4, 0.5) is 0 Å². The highest BCUT2D eigenvalue weighted by molar-refractivity contribution is 4.89. The first-order chi connectivity index (χ1) is 8.75. The third-order valence-corrected chi connectivity index (χ3v) is 3.80. The number of nitrogens with zero attached hydrogens (tertiary/aromatic N) is 1. The van der Waals surface area contributed by atoms with Gasteiger partial charge in [-0.25, -0.2) is 0 Å². The zero-order valence-electron chi connectivity index (χ0n) is 13.4. The highest BCUT2D eigenvalue weighted by Gasteiger charge is 2.31. The van der Waals surface area contributed by atoms with Crippen LogP contribution in [-0.2, 0) is 4.74 Å². The molecule has 0 aromatic rings. The number of morpholine rings is 1. The fraction of sp³-hybridized carbons (Fsp3) is 1.00. The van der Waals surface area contributed by atoms with Gasteiger partial charge in [0, 0.05) is 30.7 Å². The molecule has 1 rings (SSSR count). The largest absolute Gasteiger partial charge is 0.394 e. The summed E-state index contributed by atoms with van der Waals surface area (Å²) in [7, 11) is 0. The van der Waals surface area contributed by atoms with Crippen molar-refractivity contribution < 1.29 is 9.84 Å². The maximum absolute atomic E-state index is 9.68. The maximum Gasteiger partial charge on any atom is 0.0678 e. The van der Waals surface area contributed by atoms with E-state index in [9.17, 15) is 5.11 Å². The lowest BCUT2D eigenvalue weighted by atomic mass is 9.92. The monoisotopic (exact) mass is 272 g/mol. The van der Waals surface area contributed by atoms with E-state index in [-0.39, 0.29) is 12.1 Å². The van der Waals surface area contributed by atoms with Gasteiger partial charge in [0.25, 0.3) is 0 Å². The molecule has 4 nitrogen and oxygen atoms in total. The van der Waals surface area contributed by atoms with Crippen LogP contribution in [-0.4, -0.2) is 59.5 Å². The highest BCUT2D eigenvalue weighted by atomic mass is 16.5. The van der Waals surface area contributed by atoms with E-state index in [4.69, 9.17) is 4.74 Å². The molecule has 2 N–H and O–H groups in total. The predicted octanol–water partition coefficient (Wildman–Crippen LogP) is 1.62. The Hall–Kier alpha value is -0.160. The quantitative estimate of drug-likeness (QED) is 0.771. The first kappa shape index (κ1) is 16.9. The van der Waals surface area contributed by atoms with Crippen molar-refractivity contribution in [2.45, 2.75) is 77.8 Å². The standard InChI is InChI=1S/C15H32N2O2/c1-11(2)16-15(6,10-18)7-12(3)17-8-13(4)19-14(5)9-17/h11-14,16,18H,7-10H2,1-6H3/t12?,13-,14+,15?.